The largest absolute Gasteiger partial charge is 0.308 e. The van der Waals surface area contributed by atoms with E-state index in [1.54, 1.807) is 0 Å². The van der Waals surface area contributed by atoms with Crippen LogP contribution in [0.3, 0.4) is 0 Å². The van der Waals surface area contributed by atoms with Crippen molar-refractivity contribution < 1.29 is 0 Å². The van der Waals surface area contributed by atoms with Crippen molar-refractivity contribution in [2.24, 2.45) is 0 Å². The van der Waals surface area contributed by atoms with Gasteiger partial charge in [-0.05, 0) is 105 Å². The third kappa shape index (κ3) is 4.41. The van der Waals surface area contributed by atoms with Crippen molar-refractivity contribution in [2.45, 2.75) is 78.6 Å². The maximum absolute atomic E-state index is 2.60. The molecule has 5 heterocycles. The van der Waals surface area contributed by atoms with Gasteiger partial charge in [-0.15, -0.1) is 11.3 Å². The molecule has 3 heteroatoms. The summed E-state index contributed by atoms with van der Waals surface area (Å²) in [5.41, 5.74) is 14.7. The summed E-state index contributed by atoms with van der Waals surface area (Å²) in [7, 11) is 0. The van der Waals surface area contributed by atoms with Crippen LogP contribution in [-0.2, 0) is 16.2 Å². The Bertz CT molecular complexity index is 3660. The van der Waals surface area contributed by atoms with Crippen LogP contribution in [0.5, 0.6) is 0 Å². The van der Waals surface area contributed by atoms with Crippen LogP contribution in [0.1, 0.15) is 79.0 Å². The van der Waals surface area contributed by atoms with E-state index in [1.165, 1.54) is 124 Å². The van der Waals surface area contributed by atoms with E-state index in [1.807, 2.05) is 11.3 Å². The zero-order valence-corrected chi connectivity index (χ0v) is 35.1. The van der Waals surface area contributed by atoms with Crippen molar-refractivity contribution in [2.75, 3.05) is 0 Å². The van der Waals surface area contributed by atoms with Crippen molar-refractivity contribution in [3.8, 4) is 11.1 Å². The molecule has 0 amide bonds. The smallest absolute Gasteiger partial charge is 0.0627 e. The van der Waals surface area contributed by atoms with E-state index in [0.717, 1.165) is 0 Å². The minimum Gasteiger partial charge on any atom is -0.308 e. The summed E-state index contributed by atoms with van der Waals surface area (Å²) in [4.78, 5) is 0. The summed E-state index contributed by atoms with van der Waals surface area (Å²) in [6.45, 7) is 20.9. The third-order valence-corrected chi connectivity index (χ3v) is 14.3. The van der Waals surface area contributed by atoms with E-state index in [9.17, 15) is 0 Å². The van der Waals surface area contributed by atoms with Gasteiger partial charge in [0, 0.05) is 63.3 Å². The van der Waals surface area contributed by atoms with Crippen molar-refractivity contribution in [3.05, 3.63) is 132 Å². The van der Waals surface area contributed by atoms with E-state index in [0.29, 0.717) is 0 Å². The van der Waals surface area contributed by atoms with Gasteiger partial charge in [-0.25, -0.2) is 0 Å². The first-order chi connectivity index (χ1) is 27.1. The molecule has 0 N–H and O–H groups in total. The Morgan fingerprint density at radius 3 is 1.54 bits per heavy atom. The Balaban J connectivity index is 1.24. The molecule has 0 aliphatic carbocycles. The lowest BCUT2D eigenvalue weighted by molar-refractivity contribution is 0.590. The van der Waals surface area contributed by atoms with Crippen LogP contribution < -0.4 is 0 Å². The molecule has 0 unspecified atom stereocenters. The molecule has 0 bridgehead atoms. The molecule has 0 radical (unpaired) electrons. The van der Waals surface area contributed by atoms with Gasteiger partial charge in [0.1, 0.15) is 0 Å². The van der Waals surface area contributed by atoms with E-state index in [-0.39, 0.29) is 16.2 Å². The minimum atomic E-state index is 0.0125. The summed E-state index contributed by atoms with van der Waals surface area (Å²) < 4.78 is 7.87. The van der Waals surface area contributed by atoms with Crippen molar-refractivity contribution in [1.82, 2.24) is 8.80 Å². The fourth-order valence-corrected chi connectivity index (χ4v) is 11.3. The molecule has 0 aliphatic rings. The van der Waals surface area contributed by atoms with Gasteiger partial charge in [-0.2, -0.15) is 0 Å². The Morgan fingerprint density at radius 2 is 0.877 bits per heavy atom. The van der Waals surface area contributed by atoms with E-state index >= 15 is 0 Å². The van der Waals surface area contributed by atoms with Crippen LogP contribution in [0, 0.1) is 0 Å². The molecular formula is C54H46N2S. The molecule has 57 heavy (non-hydrogen) atoms. The lowest BCUT2D eigenvalue weighted by atomic mass is 9.84. The van der Waals surface area contributed by atoms with Gasteiger partial charge < -0.3 is 8.80 Å². The van der Waals surface area contributed by atoms with Gasteiger partial charge in [0.25, 0.3) is 0 Å². The number of benzene rings is 7. The Kier molecular flexibility index (Phi) is 6.26. The highest BCUT2D eigenvalue weighted by atomic mass is 32.1. The molecule has 0 fully saturated rings. The molecule has 5 aromatic heterocycles. The summed E-state index contributed by atoms with van der Waals surface area (Å²) in [5.74, 6) is 0. The zero-order chi connectivity index (χ0) is 39.1. The van der Waals surface area contributed by atoms with Gasteiger partial charge in [0.2, 0.25) is 0 Å². The molecule has 0 saturated heterocycles. The standard InChI is InChI=1S/C54H46N2S/c1-52(2,3)31-17-14-29(15-18-31)30-16-20-43-41(22-30)49-48-34-12-10-11-13-46(34)57-47(48)28-40-37-27-44-36(26-45(37)56(43)51(40)49)39-25-33(54(7,8)9)24-38-35-23-32(53(4,5)6)19-21-42(35)55(44)50(38)39/h10-28H,1-9H3. The molecule has 0 spiro atoms. The van der Waals surface area contributed by atoms with Gasteiger partial charge in [0.05, 0.1) is 33.1 Å². The van der Waals surface area contributed by atoms with Gasteiger partial charge in [0.15, 0.2) is 0 Å². The van der Waals surface area contributed by atoms with E-state index < -0.39 is 0 Å². The predicted octanol–water partition coefficient (Wildman–Crippen LogP) is 15.9. The van der Waals surface area contributed by atoms with E-state index in [2.05, 4.69) is 186 Å². The molecule has 0 saturated carbocycles. The lowest BCUT2D eigenvalue weighted by Crippen LogP contribution is -2.11. The highest BCUT2D eigenvalue weighted by Crippen LogP contribution is 2.50. The number of thiophene rings is 1. The highest BCUT2D eigenvalue weighted by molar-refractivity contribution is 7.26. The number of rotatable bonds is 1. The zero-order valence-electron chi connectivity index (χ0n) is 34.3. The molecule has 12 rings (SSSR count). The van der Waals surface area contributed by atoms with Crippen molar-refractivity contribution in [1.29, 1.82) is 0 Å². The highest BCUT2D eigenvalue weighted by Gasteiger charge is 2.27. The number of fused-ring (bicyclic) bond motifs is 16. The minimum absolute atomic E-state index is 0.0125. The fraction of sp³-hybridized carbons (Fsp3) is 0.222. The van der Waals surface area contributed by atoms with Crippen LogP contribution in [0.25, 0.3) is 107 Å². The van der Waals surface area contributed by atoms with Crippen LogP contribution >= 0.6 is 11.3 Å². The van der Waals surface area contributed by atoms with Crippen LogP contribution in [0.2, 0.25) is 0 Å². The quantitative estimate of drug-likeness (QED) is 0.158. The molecule has 2 nitrogen and oxygen atoms in total. The average Bonchev–Trinajstić information content (AvgIpc) is 3.96. The van der Waals surface area contributed by atoms with Crippen LogP contribution in [-0.4, -0.2) is 8.80 Å². The monoisotopic (exact) mass is 754 g/mol. The summed E-state index contributed by atoms with van der Waals surface area (Å²) in [6.07, 6.45) is 0. The number of nitrogens with zero attached hydrogens (tertiary/aromatic N) is 2. The molecule has 7 aromatic carbocycles. The second-order valence-corrected chi connectivity index (χ2v) is 21.0. The van der Waals surface area contributed by atoms with Crippen molar-refractivity contribution >= 4 is 108 Å². The number of aromatic nitrogens is 2. The van der Waals surface area contributed by atoms with Gasteiger partial charge in [-0.1, -0.05) is 117 Å². The predicted molar refractivity (Wildman–Crippen MR) is 250 cm³/mol. The SMILES string of the molecule is CC(C)(C)c1ccc(-c2ccc3c(c2)c2c4c(cc5c6cc7c(cc6n3c52)c2cc(C(C)(C)C)cc3c5cc(C(C)(C)C)ccc5n7c32)sc2ccccc24)cc1. The maximum Gasteiger partial charge on any atom is 0.0627 e. The van der Waals surface area contributed by atoms with Gasteiger partial charge in [-0.3, -0.25) is 0 Å². The van der Waals surface area contributed by atoms with Crippen molar-refractivity contribution in [3.63, 3.8) is 0 Å². The van der Waals surface area contributed by atoms with E-state index in [4.69, 9.17) is 0 Å². The summed E-state index contributed by atoms with van der Waals surface area (Å²) in [6, 6.07) is 45.1. The first-order valence-corrected chi connectivity index (χ1v) is 21.3. The fourth-order valence-electron chi connectivity index (χ4n) is 10.1. The maximum atomic E-state index is 2.60. The first kappa shape index (κ1) is 33.5. The second kappa shape index (κ2) is 10.6. The van der Waals surface area contributed by atoms with Crippen LogP contribution in [0.4, 0.5) is 0 Å². The first-order valence-electron chi connectivity index (χ1n) is 20.5. The lowest BCUT2D eigenvalue weighted by Gasteiger charge is -2.20. The topological polar surface area (TPSA) is 8.82 Å². The molecule has 0 aliphatic heterocycles. The third-order valence-electron chi connectivity index (χ3n) is 13.2. The molecular weight excluding hydrogens is 709 g/mol. The normalized spacial score (nSPS) is 13.7. The average molecular weight is 755 g/mol. The second-order valence-electron chi connectivity index (χ2n) is 19.9. The molecule has 278 valence electrons. The molecule has 12 aromatic rings. The summed E-state index contributed by atoms with van der Waals surface area (Å²) >= 11 is 1.93. The Morgan fingerprint density at radius 1 is 0.351 bits per heavy atom. The van der Waals surface area contributed by atoms with Gasteiger partial charge >= 0.3 is 0 Å². The van der Waals surface area contributed by atoms with Crippen LogP contribution in [0.15, 0.2) is 115 Å². The molecule has 0 atom stereocenters. The summed E-state index contributed by atoms with van der Waals surface area (Å²) in [5, 5.41) is 13.5. The Labute approximate surface area is 336 Å². The Hall–Kier alpha value is -5.64. The number of hydrogen-bond donors (Lipinski definition) is 0. The number of hydrogen-bond acceptors (Lipinski definition) is 1.